The summed E-state index contributed by atoms with van der Waals surface area (Å²) in [6.07, 6.45) is 3.98. The first-order valence-electron chi connectivity index (χ1n) is 11.2. The molecule has 174 valence electrons. The van der Waals surface area contributed by atoms with E-state index >= 15 is 0 Å². The normalized spacial score (nSPS) is 14.6. The zero-order valence-corrected chi connectivity index (χ0v) is 19.3. The largest absolute Gasteiger partial charge is 0.378 e. The number of para-hydroxylation sites is 1. The fourth-order valence-corrected chi connectivity index (χ4v) is 4.68. The van der Waals surface area contributed by atoms with Crippen LogP contribution in [0.1, 0.15) is 15.2 Å². The maximum Gasteiger partial charge on any atom is 0.262 e. The number of nitrogens with one attached hydrogen (secondary N) is 3. The van der Waals surface area contributed by atoms with Crippen LogP contribution >= 0.6 is 11.3 Å². The van der Waals surface area contributed by atoms with E-state index in [1.807, 2.05) is 48.0 Å². The highest BCUT2D eigenvalue weighted by Crippen LogP contribution is 2.21. The van der Waals surface area contributed by atoms with Crippen LogP contribution < -0.4 is 15.5 Å². The van der Waals surface area contributed by atoms with Crippen molar-refractivity contribution in [1.82, 2.24) is 15.3 Å². The van der Waals surface area contributed by atoms with Crippen molar-refractivity contribution in [2.45, 2.75) is 12.5 Å². The number of aromatic nitrogens is 2. The number of nitrogens with zero attached hydrogens (tertiary/aromatic N) is 2. The Labute approximate surface area is 201 Å². The Bertz CT molecular complexity index is 1260. The lowest BCUT2D eigenvalue weighted by molar-refractivity contribution is -0.118. The molecule has 1 aromatic carbocycles. The van der Waals surface area contributed by atoms with Gasteiger partial charge in [-0.05, 0) is 35.2 Å². The van der Waals surface area contributed by atoms with Gasteiger partial charge in [-0.3, -0.25) is 9.59 Å². The van der Waals surface area contributed by atoms with Gasteiger partial charge in [0.25, 0.3) is 5.91 Å². The van der Waals surface area contributed by atoms with Gasteiger partial charge in [-0.2, -0.15) is 0 Å². The third-order valence-electron chi connectivity index (χ3n) is 5.84. The monoisotopic (exact) mass is 475 g/mol. The summed E-state index contributed by atoms with van der Waals surface area (Å²) in [7, 11) is 0. The Morgan fingerprint density at radius 2 is 1.97 bits per heavy atom. The number of carbonyl (C=O) groups is 2. The molecule has 34 heavy (non-hydrogen) atoms. The van der Waals surface area contributed by atoms with Gasteiger partial charge in [0.15, 0.2) is 0 Å². The van der Waals surface area contributed by atoms with Crippen LogP contribution in [0.4, 0.5) is 11.5 Å². The van der Waals surface area contributed by atoms with Crippen molar-refractivity contribution in [3.8, 4) is 0 Å². The molecule has 5 rings (SSSR count). The van der Waals surface area contributed by atoms with Crippen LogP contribution in [-0.4, -0.2) is 54.1 Å². The second-order valence-electron chi connectivity index (χ2n) is 8.06. The van der Waals surface area contributed by atoms with Gasteiger partial charge in [0.2, 0.25) is 5.91 Å². The second-order valence-corrected chi connectivity index (χ2v) is 9.00. The van der Waals surface area contributed by atoms with E-state index in [-0.39, 0.29) is 11.8 Å². The van der Waals surface area contributed by atoms with Crippen molar-refractivity contribution in [2.75, 3.05) is 36.5 Å². The molecule has 1 atom stereocenters. The lowest BCUT2D eigenvalue weighted by Crippen LogP contribution is -2.45. The number of pyridine rings is 1. The van der Waals surface area contributed by atoms with E-state index < -0.39 is 6.04 Å². The average molecular weight is 476 g/mol. The van der Waals surface area contributed by atoms with Gasteiger partial charge in [-0.1, -0.05) is 24.3 Å². The van der Waals surface area contributed by atoms with Gasteiger partial charge in [0, 0.05) is 36.6 Å². The molecule has 0 radical (unpaired) electrons. The summed E-state index contributed by atoms with van der Waals surface area (Å²) in [5.41, 5.74) is 2.93. The molecule has 8 nitrogen and oxygen atoms in total. The summed E-state index contributed by atoms with van der Waals surface area (Å²) in [4.78, 5) is 36.4. The van der Waals surface area contributed by atoms with Gasteiger partial charge in [-0.25, -0.2) is 4.98 Å². The second kappa shape index (κ2) is 10.1. The Kier molecular flexibility index (Phi) is 6.55. The molecule has 0 bridgehead atoms. The number of fused-ring (bicyclic) bond motifs is 1. The Morgan fingerprint density at radius 3 is 2.74 bits per heavy atom. The molecule has 1 aliphatic heterocycles. The average Bonchev–Trinajstić information content (AvgIpc) is 3.55. The zero-order chi connectivity index (χ0) is 23.3. The zero-order valence-electron chi connectivity index (χ0n) is 18.5. The first-order chi connectivity index (χ1) is 16.7. The van der Waals surface area contributed by atoms with Crippen molar-refractivity contribution in [3.63, 3.8) is 0 Å². The van der Waals surface area contributed by atoms with E-state index in [1.165, 1.54) is 11.3 Å². The topological polar surface area (TPSA) is 99.3 Å². The number of amides is 2. The van der Waals surface area contributed by atoms with Gasteiger partial charge < -0.3 is 25.3 Å². The number of anilines is 2. The number of hydrogen-bond acceptors (Lipinski definition) is 6. The van der Waals surface area contributed by atoms with Crippen molar-refractivity contribution in [2.24, 2.45) is 0 Å². The summed E-state index contributed by atoms with van der Waals surface area (Å²) in [6, 6.07) is 14.4. The molecule has 9 heteroatoms. The highest BCUT2D eigenvalue weighted by atomic mass is 32.1. The molecule has 3 N–H and O–H groups in total. The minimum Gasteiger partial charge on any atom is -0.378 e. The fourth-order valence-electron chi connectivity index (χ4n) is 4.05. The summed E-state index contributed by atoms with van der Waals surface area (Å²) in [5.74, 6) is -0.149. The molecule has 0 spiro atoms. The molecular formula is C25H25N5O3S. The molecule has 1 saturated heterocycles. The van der Waals surface area contributed by atoms with Gasteiger partial charge in [0.05, 0.1) is 30.0 Å². The Hall–Kier alpha value is -3.69. The SMILES string of the molecule is O=C(N[C@H](Cc1c[nH]c2ccccc12)C(=O)Nc1ccc(N2CCOCC2)cn1)c1cccs1. The number of H-pyrrole nitrogens is 1. The number of hydrogen-bond donors (Lipinski definition) is 3. The predicted molar refractivity (Wildman–Crippen MR) is 133 cm³/mol. The van der Waals surface area contributed by atoms with Crippen LogP contribution in [0.15, 0.2) is 66.3 Å². The first kappa shape index (κ1) is 22.1. The summed E-state index contributed by atoms with van der Waals surface area (Å²) >= 11 is 1.34. The molecule has 1 aliphatic rings. The van der Waals surface area contributed by atoms with Crippen molar-refractivity contribution in [3.05, 3.63) is 76.7 Å². The molecule has 1 fully saturated rings. The minimum atomic E-state index is -0.769. The van der Waals surface area contributed by atoms with E-state index in [2.05, 4.69) is 25.5 Å². The van der Waals surface area contributed by atoms with Gasteiger partial charge in [0.1, 0.15) is 11.9 Å². The first-order valence-corrected chi connectivity index (χ1v) is 12.0. The molecule has 3 aromatic heterocycles. The minimum absolute atomic E-state index is 0.273. The van der Waals surface area contributed by atoms with Gasteiger partial charge >= 0.3 is 0 Å². The van der Waals surface area contributed by atoms with E-state index in [0.29, 0.717) is 30.3 Å². The smallest absolute Gasteiger partial charge is 0.262 e. The van der Waals surface area contributed by atoms with Crippen LogP contribution in [0.3, 0.4) is 0 Å². The number of thiophene rings is 1. The summed E-state index contributed by atoms with van der Waals surface area (Å²) in [5, 5.41) is 8.63. The molecule has 2 amide bonds. The van der Waals surface area contributed by atoms with E-state index in [1.54, 1.807) is 18.3 Å². The van der Waals surface area contributed by atoms with Crippen LogP contribution in [-0.2, 0) is 16.0 Å². The highest BCUT2D eigenvalue weighted by Gasteiger charge is 2.24. The molecule has 0 unspecified atom stereocenters. The standard InChI is InChI=1S/C25H25N5O3S/c31-24(29-23-8-7-18(16-27-23)30-9-11-33-12-10-30)21(28-25(32)22-6-3-13-34-22)14-17-15-26-20-5-2-1-4-19(17)20/h1-8,13,15-16,21,26H,9-12,14H2,(H,28,32)(H,27,29,31)/t21-/m1/s1. The molecule has 0 saturated carbocycles. The van der Waals surface area contributed by atoms with Crippen molar-refractivity contribution >= 4 is 45.6 Å². The quantitative estimate of drug-likeness (QED) is 0.380. The Morgan fingerprint density at radius 1 is 1.12 bits per heavy atom. The maximum atomic E-state index is 13.3. The molecular weight excluding hydrogens is 450 g/mol. The number of benzene rings is 1. The third-order valence-corrected chi connectivity index (χ3v) is 6.71. The van der Waals surface area contributed by atoms with Crippen LogP contribution in [0.25, 0.3) is 10.9 Å². The van der Waals surface area contributed by atoms with Crippen molar-refractivity contribution in [1.29, 1.82) is 0 Å². The number of rotatable bonds is 7. The Balaban J connectivity index is 1.33. The molecule has 4 aromatic rings. The fraction of sp³-hybridized carbons (Fsp3) is 0.240. The van der Waals surface area contributed by atoms with Crippen LogP contribution in [0.2, 0.25) is 0 Å². The van der Waals surface area contributed by atoms with Crippen LogP contribution in [0, 0.1) is 0 Å². The van der Waals surface area contributed by atoms with E-state index in [0.717, 1.165) is 35.2 Å². The van der Waals surface area contributed by atoms with Crippen molar-refractivity contribution < 1.29 is 14.3 Å². The molecule has 0 aliphatic carbocycles. The van der Waals surface area contributed by atoms with E-state index in [9.17, 15) is 9.59 Å². The van der Waals surface area contributed by atoms with Crippen LogP contribution in [0.5, 0.6) is 0 Å². The predicted octanol–water partition coefficient (Wildman–Crippen LogP) is 3.44. The molecule has 4 heterocycles. The maximum absolute atomic E-state index is 13.3. The van der Waals surface area contributed by atoms with E-state index in [4.69, 9.17) is 4.74 Å². The lowest BCUT2D eigenvalue weighted by Gasteiger charge is -2.28. The highest BCUT2D eigenvalue weighted by molar-refractivity contribution is 7.12. The number of aromatic amines is 1. The third kappa shape index (κ3) is 4.95. The number of carbonyl (C=O) groups excluding carboxylic acids is 2. The number of ether oxygens (including phenoxy) is 1. The summed E-state index contributed by atoms with van der Waals surface area (Å²) < 4.78 is 5.40. The van der Waals surface area contributed by atoms with Gasteiger partial charge in [-0.15, -0.1) is 11.3 Å². The lowest BCUT2D eigenvalue weighted by atomic mass is 10.0. The summed E-state index contributed by atoms with van der Waals surface area (Å²) in [6.45, 7) is 3.01. The number of morpholine rings is 1.